The van der Waals surface area contributed by atoms with Crippen LogP contribution in [0.25, 0.3) is 0 Å². The first-order valence-corrected chi connectivity index (χ1v) is 7.00. The molecule has 0 aromatic carbocycles. The van der Waals surface area contributed by atoms with Gasteiger partial charge >= 0.3 is 5.69 Å². The van der Waals surface area contributed by atoms with Crippen molar-refractivity contribution < 1.29 is 9.72 Å². The Kier molecular flexibility index (Phi) is 4.56. The molecule has 0 aliphatic heterocycles. The van der Waals surface area contributed by atoms with Crippen molar-refractivity contribution in [3.63, 3.8) is 0 Å². The van der Waals surface area contributed by atoms with Gasteiger partial charge in [0.2, 0.25) is 17.0 Å². The number of amides is 1. The van der Waals surface area contributed by atoms with E-state index in [4.69, 9.17) is 17.3 Å². The summed E-state index contributed by atoms with van der Waals surface area (Å²) in [5, 5.41) is 14.1. The first kappa shape index (κ1) is 15.4. The number of rotatable bonds is 4. The highest BCUT2D eigenvalue weighted by molar-refractivity contribution is 6.28. The molecule has 3 N–H and O–H groups in total. The fourth-order valence-electron chi connectivity index (χ4n) is 2.57. The van der Waals surface area contributed by atoms with E-state index in [-0.39, 0.29) is 40.3 Å². The fourth-order valence-corrected chi connectivity index (χ4v) is 2.78. The van der Waals surface area contributed by atoms with Gasteiger partial charge in [0.1, 0.15) is 5.69 Å². The normalized spacial score (nSPS) is 21.8. The van der Waals surface area contributed by atoms with Crippen LogP contribution in [0.1, 0.15) is 31.4 Å². The molecular weight excluding hydrogens is 298 g/mol. The van der Waals surface area contributed by atoms with Crippen molar-refractivity contribution in [2.45, 2.75) is 38.6 Å². The van der Waals surface area contributed by atoms with Gasteiger partial charge in [0.25, 0.3) is 0 Å². The predicted molar refractivity (Wildman–Crippen MR) is 77.0 cm³/mol. The van der Waals surface area contributed by atoms with Gasteiger partial charge in [-0.05, 0) is 44.2 Å². The molecule has 1 amide bonds. The van der Waals surface area contributed by atoms with E-state index in [9.17, 15) is 14.9 Å². The Bertz CT molecular complexity index is 572. The molecule has 1 heterocycles. The third-order valence-corrected chi connectivity index (χ3v) is 3.85. The van der Waals surface area contributed by atoms with Gasteiger partial charge in [-0.2, -0.15) is 4.98 Å². The van der Waals surface area contributed by atoms with Gasteiger partial charge in [-0.25, -0.2) is 4.98 Å². The van der Waals surface area contributed by atoms with E-state index >= 15 is 0 Å². The lowest BCUT2D eigenvalue weighted by Crippen LogP contribution is -2.32. The largest absolute Gasteiger partial charge is 0.369 e. The number of carbonyl (C=O) groups is 1. The molecule has 8 nitrogen and oxygen atoms in total. The zero-order chi connectivity index (χ0) is 15.6. The number of primary amides is 1. The van der Waals surface area contributed by atoms with Crippen molar-refractivity contribution >= 4 is 29.0 Å². The van der Waals surface area contributed by atoms with E-state index in [0.717, 1.165) is 0 Å². The smallest absolute Gasteiger partial charge is 0.332 e. The van der Waals surface area contributed by atoms with Gasteiger partial charge < -0.3 is 11.1 Å². The average molecular weight is 314 g/mol. The summed E-state index contributed by atoms with van der Waals surface area (Å²) in [5.41, 5.74) is 5.33. The summed E-state index contributed by atoms with van der Waals surface area (Å²) >= 11 is 5.76. The highest BCUT2D eigenvalue weighted by Crippen LogP contribution is 2.31. The lowest BCUT2D eigenvalue weighted by Gasteiger charge is -2.27. The number of carbonyl (C=O) groups excluding carboxylic acids is 1. The average Bonchev–Trinajstić information content (AvgIpc) is 2.37. The van der Waals surface area contributed by atoms with Crippen LogP contribution in [0.3, 0.4) is 0 Å². The SMILES string of the molecule is Cc1nc(Cl)nc(NC2CCC(C(N)=O)CC2)c1[N+](=O)[O-]. The molecule has 0 spiro atoms. The van der Waals surface area contributed by atoms with Crippen molar-refractivity contribution in [2.24, 2.45) is 11.7 Å². The monoisotopic (exact) mass is 313 g/mol. The predicted octanol–water partition coefficient (Wildman–Crippen LogP) is 1.80. The van der Waals surface area contributed by atoms with Crippen LogP contribution in [-0.4, -0.2) is 26.8 Å². The number of halogens is 1. The van der Waals surface area contributed by atoms with Crippen LogP contribution in [0.5, 0.6) is 0 Å². The minimum absolute atomic E-state index is 0.00432. The number of nitro groups is 1. The van der Waals surface area contributed by atoms with Gasteiger partial charge in [-0.3, -0.25) is 14.9 Å². The summed E-state index contributed by atoms with van der Waals surface area (Å²) in [5.74, 6) is -0.283. The highest BCUT2D eigenvalue weighted by Gasteiger charge is 2.28. The van der Waals surface area contributed by atoms with Gasteiger partial charge in [0, 0.05) is 12.0 Å². The number of anilines is 1. The van der Waals surface area contributed by atoms with Crippen molar-refractivity contribution in [2.75, 3.05) is 5.32 Å². The van der Waals surface area contributed by atoms with E-state index in [1.54, 1.807) is 0 Å². The summed E-state index contributed by atoms with van der Waals surface area (Å²) in [6, 6.07) is 0.00432. The van der Waals surface area contributed by atoms with Crippen LogP contribution in [0, 0.1) is 23.0 Å². The molecule has 1 aliphatic carbocycles. The first-order chi connectivity index (χ1) is 9.88. The van der Waals surface area contributed by atoms with Crippen LogP contribution in [-0.2, 0) is 4.79 Å². The maximum Gasteiger partial charge on any atom is 0.332 e. The molecule has 1 fully saturated rings. The van der Waals surface area contributed by atoms with Gasteiger partial charge in [-0.1, -0.05) is 0 Å². The minimum atomic E-state index is -0.525. The number of nitrogens with one attached hydrogen (secondary N) is 1. The third-order valence-electron chi connectivity index (χ3n) is 3.68. The fraction of sp³-hybridized carbons (Fsp3) is 0.583. The molecule has 114 valence electrons. The topological polar surface area (TPSA) is 124 Å². The lowest BCUT2D eigenvalue weighted by atomic mass is 9.85. The van der Waals surface area contributed by atoms with Gasteiger partial charge in [-0.15, -0.1) is 0 Å². The van der Waals surface area contributed by atoms with Crippen molar-refractivity contribution in [3.05, 3.63) is 21.1 Å². The number of aryl methyl sites for hydroxylation is 1. The lowest BCUT2D eigenvalue weighted by molar-refractivity contribution is -0.385. The van der Waals surface area contributed by atoms with Crippen LogP contribution in [0.2, 0.25) is 5.28 Å². The molecule has 9 heteroatoms. The minimum Gasteiger partial charge on any atom is -0.369 e. The molecule has 1 saturated carbocycles. The molecular formula is C12H16ClN5O3. The number of nitrogens with two attached hydrogens (primary N) is 1. The Morgan fingerprint density at radius 1 is 1.38 bits per heavy atom. The Hall–Kier alpha value is -1.96. The van der Waals surface area contributed by atoms with Crippen molar-refractivity contribution in [3.8, 4) is 0 Å². The molecule has 0 unspecified atom stereocenters. The summed E-state index contributed by atoms with van der Waals surface area (Å²) < 4.78 is 0. The van der Waals surface area contributed by atoms with Crippen LogP contribution < -0.4 is 11.1 Å². The van der Waals surface area contributed by atoms with E-state index in [2.05, 4.69) is 15.3 Å². The van der Waals surface area contributed by atoms with Gasteiger partial charge in [0.15, 0.2) is 0 Å². The van der Waals surface area contributed by atoms with Gasteiger partial charge in [0.05, 0.1) is 4.92 Å². The zero-order valence-electron chi connectivity index (χ0n) is 11.5. The maximum atomic E-state index is 11.1. The number of aromatic nitrogens is 2. The molecule has 1 aromatic rings. The zero-order valence-corrected chi connectivity index (χ0v) is 12.3. The van der Waals surface area contributed by atoms with Crippen molar-refractivity contribution in [1.82, 2.24) is 9.97 Å². The summed E-state index contributed by atoms with van der Waals surface area (Å²) in [4.78, 5) is 29.4. The molecule has 21 heavy (non-hydrogen) atoms. The second kappa shape index (κ2) is 6.21. The quantitative estimate of drug-likeness (QED) is 0.496. The molecule has 1 aromatic heterocycles. The summed E-state index contributed by atoms with van der Waals surface area (Å²) in [6.07, 6.45) is 2.73. The second-order valence-corrected chi connectivity index (χ2v) is 5.47. The van der Waals surface area contributed by atoms with Crippen molar-refractivity contribution in [1.29, 1.82) is 0 Å². The Balaban J connectivity index is 2.13. The summed E-state index contributed by atoms with van der Waals surface area (Å²) in [7, 11) is 0. The van der Waals surface area contributed by atoms with E-state index in [1.807, 2.05) is 0 Å². The number of nitrogens with zero attached hydrogens (tertiary/aromatic N) is 3. The van der Waals surface area contributed by atoms with E-state index < -0.39 is 4.92 Å². The Morgan fingerprint density at radius 2 is 2.00 bits per heavy atom. The molecule has 0 radical (unpaired) electrons. The first-order valence-electron chi connectivity index (χ1n) is 6.63. The van der Waals surface area contributed by atoms with Crippen LogP contribution in [0.15, 0.2) is 0 Å². The number of hydrogen-bond donors (Lipinski definition) is 2. The standard InChI is InChI=1S/C12H16ClN5O3/c1-6-9(18(20)21)11(17-12(13)15-6)16-8-4-2-7(3-5-8)10(14)19/h7-8H,2-5H2,1H3,(H2,14,19)(H,15,16,17). The summed E-state index contributed by atoms with van der Waals surface area (Å²) in [6.45, 7) is 1.51. The third kappa shape index (κ3) is 3.57. The molecule has 0 bridgehead atoms. The molecule has 0 saturated heterocycles. The second-order valence-electron chi connectivity index (χ2n) is 5.13. The maximum absolute atomic E-state index is 11.1. The molecule has 0 atom stereocenters. The highest BCUT2D eigenvalue weighted by atomic mass is 35.5. The van der Waals surface area contributed by atoms with Crippen LogP contribution in [0.4, 0.5) is 11.5 Å². The Morgan fingerprint density at radius 3 is 2.52 bits per heavy atom. The van der Waals surface area contributed by atoms with Crippen LogP contribution >= 0.6 is 11.6 Å². The van der Waals surface area contributed by atoms with E-state index in [1.165, 1.54) is 6.92 Å². The van der Waals surface area contributed by atoms with E-state index in [0.29, 0.717) is 25.7 Å². The Labute approximate surface area is 126 Å². The molecule has 2 rings (SSSR count). The number of hydrogen-bond acceptors (Lipinski definition) is 6. The molecule has 1 aliphatic rings.